The van der Waals surface area contributed by atoms with E-state index in [0.29, 0.717) is 5.92 Å². The van der Waals surface area contributed by atoms with Crippen LogP contribution < -0.4 is 0 Å². The van der Waals surface area contributed by atoms with Crippen LogP contribution in [0.5, 0.6) is 0 Å². The Bertz CT molecular complexity index is 801. The molecule has 0 aliphatic carbocycles. The lowest BCUT2D eigenvalue weighted by Gasteiger charge is -2.32. The Morgan fingerprint density at radius 3 is 2.56 bits per heavy atom. The topological polar surface area (TPSA) is 19.0 Å². The summed E-state index contributed by atoms with van der Waals surface area (Å²) in [5.74, 6) is 0.702. The van der Waals surface area contributed by atoms with Crippen molar-refractivity contribution in [3.8, 4) is 0 Å². The van der Waals surface area contributed by atoms with Crippen LogP contribution in [0.25, 0.3) is 10.9 Å². The van der Waals surface area contributed by atoms with Crippen molar-refractivity contribution in [2.45, 2.75) is 32.1 Å². The van der Waals surface area contributed by atoms with Crippen molar-refractivity contribution in [1.82, 2.24) is 9.88 Å². The van der Waals surface area contributed by atoms with Gasteiger partial charge in [0.2, 0.25) is 0 Å². The molecule has 0 atom stereocenters. The second kappa shape index (κ2) is 8.07. The highest BCUT2D eigenvalue weighted by Gasteiger charge is 2.22. The molecule has 1 aromatic heterocycles. The molecule has 25 heavy (non-hydrogen) atoms. The minimum absolute atomic E-state index is 0. The fraction of sp³-hybridized carbons (Fsp3) is 0.364. The molecule has 1 aliphatic heterocycles. The molecule has 3 aromatic rings. The van der Waals surface area contributed by atoms with Crippen molar-refractivity contribution in [3.05, 3.63) is 71.4 Å². The van der Waals surface area contributed by atoms with E-state index in [-0.39, 0.29) is 12.4 Å². The normalized spacial score (nSPS) is 16.0. The molecule has 0 bridgehead atoms. The van der Waals surface area contributed by atoms with E-state index in [4.69, 9.17) is 0 Å². The molecule has 0 radical (unpaired) electrons. The summed E-state index contributed by atoms with van der Waals surface area (Å²) in [6.45, 7) is 5.80. The Morgan fingerprint density at radius 1 is 1.04 bits per heavy atom. The molecule has 0 saturated carbocycles. The maximum atomic E-state index is 3.46. The van der Waals surface area contributed by atoms with Crippen LogP contribution in [-0.4, -0.2) is 29.5 Å². The van der Waals surface area contributed by atoms with Crippen LogP contribution in [0.2, 0.25) is 0 Å². The molecule has 0 unspecified atom stereocenters. The van der Waals surface area contributed by atoms with Gasteiger partial charge in [-0.25, -0.2) is 0 Å². The molecule has 1 fully saturated rings. The summed E-state index contributed by atoms with van der Waals surface area (Å²) in [7, 11) is 0. The predicted molar refractivity (Wildman–Crippen MR) is 109 cm³/mol. The van der Waals surface area contributed by atoms with Gasteiger partial charge in [-0.15, -0.1) is 12.4 Å². The zero-order chi connectivity index (χ0) is 16.4. The first-order chi connectivity index (χ1) is 11.8. The number of fused-ring (bicyclic) bond motifs is 1. The third kappa shape index (κ3) is 4.08. The van der Waals surface area contributed by atoms with Gasteiger partial charge in [0.25, 0.3) is 0 Å². The summed E-state index contributed by atoms with van der Waals surface area (Å²) >= 11 is 0. The molecular weight excluding hydrogens is 328 g/mol. The molecule has 2 aromatic carbocycles. The molecule has 0 amide bonds. The maximum absolute atomic E-state index is 3.46. The van der Waals surface area contributed by atoms with Gasteiger partial charge in [-0.2, -0.15) is 0 Å². The van der Waals surface area contributed by atoms with E-state index in [1.54, 1.807) is 0 Å². The van der Waals surface area contributed by atoms with Gasteiger partial charge in [0, 0.05) is 23.6 Å². The van der Waals surface area contributed by atoms with Crippen LogP contribution in [0, 0.1) is 6.92 Å². The van der Waals surface area contributed by atoms with Crippen molar-refractivity contribution in [2.75, 3.05) is 19.6 Å². The fourth-order valence-corrected chi connectivity index (χ4v) is 3.99. The molecule has 0 spiro atoms. The first kappa shape index (κ1) is 18.0. The monoisotopic (exact) mass is 354 g/mol. The van der Waals surface area contributed by atoms with E-state index in [1.165, 1.54) is 60.1 Å². The van der Waals surface area contributed by atoms with E-state index < -0.39 is 0 Å². The quantitative estimate of drug-likeness (QED) is 0.671. The number of aryl methyl sites for hydroxylation is 1. The lowest BCUT2D eigenvalue weighted by molar-refractivity contribution is 0.215. The Hall–Kier alpha value is -1.77. The standard InChI is InChI=1S/C22H26N2.ClH/c1-17-7-8-22-20(15-17)21(16-23-22)19-10-13-24(14-11-19)12-9-18-5-3-2-4-6-18;/h2-8,15-16,19,23H,9-14H2,1H3;1H. The van der Waals surface area contributed by atoms with Crippen molar-refractivity contribution < 1.29 is 0 Å². The molecule has 1 N–H and O–H groups in total. The van der Waals surface area contributed by atoms with Crippen LogP contribution in [0.15, 0.2) is 54.7 Å². The van der Waals surface area contributed by atoms with Gasteiger partial charge in [-0.05, 0) is 68.5 Å². The second-order valence-electron chi connectivity index (χ2n) is 7.14. The minimum atomic E-state index is 0. The average Bonchev–Trinajstić information content (AvgIpc) is 3.04. The Balaban J connectivity index is 0.00000182. The van der Waals surface area contributed by atoms with Crippen LogP contribution >= 0.6 is 12.4 Å². The summed E-state index contributed by atoms with van der Waals surface area (Å²) < 4.78 is 0. The van der Waals surface area contributed by atoms with Crippen molar-refractivity contribution in [1.29, 1.82) is 0 Å². The number of aromatic amines is 1. The summed E-state index contributed by atoms with van der Waals surface area (Å²) in [6.07, 6.45) is 5.96. The molecule has 2 heterocycles. The molecule has 1 aliphatic rings. The van der Waals surface area contributed by atoms with Crippen LogP contribution in [0.3, 0.4) is 0 Å². The second-order valence-corrected chi connectivity index (χ2v) is 7.14. The van der Waals surface area contributed by atoms with Gasteiger partial charge in [-0.1, -0.05) is 42.0 Å². The molecule has 1 saturated heterocycles. The van der Waals surface area contributed by atoms with E-state index in [9.17, 15) is 0 Å². The van der Waals surface area contributed by atoms with Gasteiger partial charge < -0.3 is 9.88 Å². The van der Waals surface area contributed by atoms with E-state index in [0.717, 1.165) is 6.42 Å². The third-order valence-electron chi connectivity index (χ3n) is 5.46. The molecule has 2 nitrogen and oxygen atoms in total. The highest BCUT2D eigenvalue weighted by molar-refractivity contribution is 5.85. The minimum Gasteiger partial charge on any atom is -0.361 e. The zero-order valence-corrected chi connectivity index (χ0v) is 15.7. The smallest absolute Gasteiger partial charge is 0.0457 e. The maximum Gasteiger partial charge on any atom is 0.0457 e. The van der Waals surface area contributed by atoms with Crippen molar-refractivity contribution >= 4 is 23.3 Å². The zero-order valence-electron chi connectivity index (χ0n) is 14.9. The number of hydrogen-bond acceptors (Lipinski definition) is 1. The summed E-state index contributed by atoms with van der Waals surface area (Å²) in [5, 5.41) is 1.43. The summed E-state index contributed by atoms with van der Waals surface area (Å²) in [6, 6.07) is 17.6. The lowest BCUT2D eigenvalue weighted by atomic mass is 9.89. The molecular formula is C22H27ClN2. The third-order valence-corrected chi connectivity index (χ3v) is 5.46. The van der Waals surface area contributed by atoms with Crippen LogP contribution in [0.4, 0.5) is 0 Å². The van der Waals surface area contributed by atoms with Crippen LogP contribution in [-0.2, 0) is 6.42 Å². The number of likely N-dealkylation sites (tertiary alicyclic amines) is 1. The highest BCUT2D eigenvalue weighted by atomic mass is 35.5. The van der Waals surface area contributed by atoms with Gasteiger partial charge >= 0.3 is 0 Å². The lowest BCUT2D eigenvalue weighted by Crippen LogP contribution is -2.34. The molecule has 3 heteroatoms. The number of aromatic nitrogens is 1. The van der Waals surface area contributed by atoms with Crippen LogP contribution in [0.1, 0.15) is 35.4 Å². The first-order valence-corrected chi connectivity index (χ1v) is 9.13. The number of piperidine rings is 1. The Kier molecular flexibility index (Phi) is 5.82. The summed E-state index contributed by atoms with van der Waals surface area (Å²) in [4.78, 5) is 6.09. The number of nitrogens with one attached hydrogen (secondary N) is 1. The number of nitrogens with zero attached hydrogens (tertiary/aromatic N) is 1. The predicted octanol–water partition coefficient (Wildman–Crippen LogP) is 5.32. The number of H-pyrrole nitrogens is 1. The number of hydrogen-bond donors (Lipinski definition) is 1. The van der Waals surface area contributed by atoms with E-state index in [1.807, 2.05) is 0 Å². The summed E-state index contributed by atoms with van der Waals surface area (Å²) in [5.41, 5.74) is 5.61. The average molecular weight is 355 g/mol. The van der Waals surface area contributed by atoms with Gasteiger partial charge in [0.1, 0.15) is 0 Å². The number of benzene rings is 2. The Labute approximate surface area is 156 Å². The first-order valence-electron chi connectivity index (χ1n) is 9.13. The number of rotatable bonds is 4. The van der Waals surface area contributed by atoms with Crippen molar-refractivity contribution in [3.63, 3.8) is 0 Å². The fourth-order valence-electron chi connectivity index (χ4n) is 3.99. The van der Waals surface area contributed by atoms with Gasteiger partial charge in [0.05, 0.1) is 0 Å². The SMILES string of the molecule is Cc1ccc2[nH]cc(C3CCN(CCc4ccccc4)CC3)c2c1.Cl. The van der Waals surface area contributed by atoms with Gasteiger partial charge in [0.15, 0.2) is 0 Å². The molecule has 4 rings (SSSR count). The highest BCUT2D eigenvalue weighted by Crippen LogP contribution is 2.33. The van der Waals surface area contributed by atoms with E-state index in [2.05, 4.69) is 71.5 Å². The number of halogens is 1. The Morgan fingerprint density at radius 2 is 1.80 bits per heavy atom. The van der Waals surface area contributed by atoms with E-state index >= 15 is 0 Å². The largest absolute Gasteiger partial charge is 0.361 e. The van der Waals surface area contributed by atoms with Crippen molar-refractivity contribution in [2.24, 2.45) is 0 Å². The molecule has 132 valence electrons. The van der Waals surface area contributed by atoms with Gasteiger partial charge in [-0.3, -0.25) is 0 Å².